The number of hydrogen-bond acceptors (Lipinski definition) is 6. The van der Waals surface area contributed by atoms with Crippen molar-refractivity contribution in [2.75, 3.05) is 26.2 Å². The molecule has 0 spiro atoms. The summed E-state index contributed by atoms with van der Waals surface area (Å²) in [5.41, 5.74) is 1.37. The molecule has 3 aromatic carbocycles. The number of carbonyl (C=O) groups excluding carboxylic acids is 1. The van der Waals surface area contributed by atoms with Gasteiger partial charge < -0.3 is 19.7 Å². The van der Waals surface area contributed by atoms with Crippen molar-refractivity contribution in [1.29, 1.82) is 0 Å². The largest absolute Gasteiger partial charge is 0.491 e. The van der Waals surface area contributed by atoms with Crippen molar-refractivity contribution in [1.82, 2.24) is 20.9 Å². The summed E-state index contributed by atoms with van der Waals surface area (Å²) in [6.45, 7) is 10.6. The van der Waals surface area contributed by atoms with Gasteiger partial charge in [0.1, 0.15) is 11.5 Å². The van der Waals surface area contributed by atoms with Crippen LogP contribution in [-0.2, 0) is 10.5 Å². The lowest BCUT2D eigenvalue weighted by Crippen LogP contribution is -2.61. The number of benzene rings is 3. The SMILES string of the molecule is CC(C)Oc1ccc(OC(C)C)c(C2(C(=O)N3CCNCC3)NC(c3ccc(Cl)cc3)C(c3ccc(Cl)cc3)N2)c1. The first kappa shape index (κ1) is 29.7. The van der Waals surface area contributed by atoms with Crippen LogP contribution in [0.1, 0.15) is 56.5 Å². The van der Waals surface area contributed by atoms with Crippen LogP contribution in [0.3, 0.4) is 0 Å². The lowest BCUT2D eigenvalue weighted by Gasteiger charge is -2.38. The van der Waals surface area contributed by atoms with E-state index in [0.29, 0.717) is 40.2 Å². The molecule has 2 fully saturated rings. The lowest BCUT2D eigenvalue weighted by molar-refractivity contribution is -0.140. The van der Waals surface area contributed by atoms with E-state index in [1.54, 1.807) is 0 Å². The first-order chi connectivity index (χ1) is 19.7. The van der Waals surface area contributed by atoms with Crippen LogP contribution in [0.2, 0.25) is 10.0 Å². The molecule has 5 rings (SSSR count). The number of rotatable bonds is 8. The van der Waals surface area contributed by atoms with Crippen LogP contribution >= 0.6 is 23.2 Å². The highest BCUT2D eigenvalue weighted by molar-refractivity contribution is 6.30. The first-order valence-corrected chi connectivity index (χ1v) is 15.0. The Bertz CT molecular complexity index is 1290. The van der Waals surface area contributed by atoms with Gasteiger partial charge in [-0.25, -0.2) is 0 Å². The van der Waals surface area contributed by atoms with Gasteiger partial charge in [0.05, 0.1) is 24.3 Å². The summed E-state index contributed by atoms with van der Waals surface area (Å²) in [7, 11) is 0. The van der Waals surface area contributed by atoms with E-state index < -0.39 is 5.66 Å². The van der Waals surface area contributed by atoms with Gasteiger partial charge in [0.15, 0.2) is 5.66 Å². The summed E-state index contributed by atoms with van der Waals surface area (Å²) in [6.07, 6.45) is -0.134. The zero-order valence-electron chi connectivity index (χ0n) is 23.9. The zero-order valence-corrected chi connectivity index (χ0v) is 25.4. The van der Waals surface area contributed by atoms with Gasteiger partial charge in [0.25, 0.3) is 5.91 Å². The topological polar surface area (TPSA) is 74.9 Å². The van der Waals surface area contributed by atoms with Crippen LogP contribution in [0.4, 0.5) is 0 Å². The van der Waals surface area contributed by atoms with Crippen LogP contribution in [0, 0.1) is 0 Å². The smallest absolute Gasteiger partial charge is 0.262 e. The Hall–Kier alpha value is -2.81. The quantitative estimate of drug-likeness (QED) is 0.304. The lowest BCUT2D eigenvalue weighted by atomic mass is 9.95. The van der Waals surface area contributed by atoms with Gasteiger partial charge >= 0.3 is 0 Å². The molecule has 41 heavy (non-hydrogen) atoms. The Balaban J connectivity index is 1.71. The van der Waals surface area contributed by atoms with E-state index >= 15 is 0 Å². The number of nitrogens with zero attached hydrogens (tertiary/aromatic N) is 1. The molecule has 2 atom stereocenters. The summed E-state index contributed by atoms with van der Waals surface area (Å²) < 4.78 is 12.5. The second-order valence-corrected chi connectivity index (χ2v) is 12.0. The highest BCUT2D eigenvalue weighted by Gasteiger charge is 2.54. The van der Waals surface area contributed by atoms with Crippen molar-refractivity contribution in [3.63, 3.8) is 0 Å². The molecule has 2 saturated heterocycles. The fourth-order valence-corrected chi connectivity index (χ4v) is 5.82. The van der Waals surface area contributed by atoms with E-state index in [2.05, 4.69) is 16.0 Å². The van der Waals surface area contributed by atoms with E-state index in [-0.39, 0.29) is 30.2 Å². The molecule has 1 amide bonds. The van der Waals surface area contributed by atoms with Gasteiger partial charge in [-0.1, -0.05) is 47.5 Å². The van der Waals surface area contributed by atoms with E-state index in [1.807, 2.05) is 99.3 Å². The molecule has 0 aliphatic carbocycles. The molecule has 0 saturated carbocycles. The number of halogens is 2. The van der Waals surface area contributed by atoms with E-state index in [9.17, 15) is 4.79 Å². The molecule has 2 aliphatic heterocycles. The highest BCUT2D eigenvalue weighted by Crippen LogP contribution is 2.45. The van der Waals surface area contributed by atoms with E-state index in [4.69, 9.17) is 32.7 Å². The monoisotopic (exact) mass is 596 g/mol. The maximum atomic E-state index is 14.8. The van der Waals surface area contributed by atoms with Gasteiger partial charge in [-0.3, -0.25) is 15.4 Å². The molecule has 3 N–H and O–H groups in total. The fourth-order valence-electron chi connectivity index (χ4n) is 5.57. The molecule has 2 unspecified atom stereocenters. The molecular formula is C32H38Cl2N4O3. The molecule has 2 aliphatic rings. The van der Waals surface area contributed by atoms with Crippen LogP contribution in [-0.4, -0.2) is 49.2 Å². The summed E-state index contributed by atoms with van der Waals surface area (Å²) >= 11 is 12.5. The minimum Gasteiger partial charge on any atom is -0.491 e. The minimum atomic E-state index is -1.31. The van der Waals surface area contributed by atoms with Gasteiger partial charge in [-0.2, -0.15) is 0 Å². The van der Waals surface area contributed by atoms with Crippen LogP contribution in [0.15, 0.2) is 66.7 Å². The number of carbonyl (C=O) groups is 1. The Labute approximate surface area is 252 Å². The van der Waals surface area contributed by atoms with Crippen LogP contribution < -0.4 is 25.4 Å². The Morgan fingerprint density at radius 2 is 1.32 bits per heavy atom. The zero-order chi connectivity index (χ0) is 29.1. The summed E-state index contributed by atoms with van der Waals surface area (Å²) in [5, 5.41) is 12.2. The Morgan fingerprint density at radius 3 is 1.80 bits per heavy atom. The van der Waals surface area contributed by atoms with Gasteiger partial charge in [0.2, 0.25) is 0 Å². The average Bonchev–Trinajstić information content (AvgIpc) is 3.36. The molecular weight excluding hydrogens is 559 g/mol. The maximum absolute atomic E-state index is 14.8. The second-order valence-electron chi connectivity index (χ2n) is 11.1. The molecule has 2 heterocycles. The molecule has 7 nitrogen and oxygen atoms in total. The van der Waals surface area contributed by atoms with Crippen molar-refractivity contribution in [2.45, 2.75) is 57.6 Å². The standard InChI is InChI=1S/C32H38Cl2N4O3/c1-20(2)40-26-13-14-28(41-21(3)4)27(19-26)32(31(39)38-17-15-35-16-18-38)36-29(22-5-9-24(33)10-6-22)30(37-32)23-7-11-25(34)12-8-23/h5-14,19-21,29-30,35-37H,15-18H2,1-4H3. The fraction of sp³-hybridized carbons (Fsp3) is 0.406. The van der Waals surface area contributed by atoms with Crippen LogP contribution in [0.25, 0.3) is 0 Å². The number of amides is 1. The van der Waals surface area contributed by atoms with Crippen molar-refractivity contribution in [3.8, 4) is 11.5 Å². The van der Waals surface area contributed by atoms with Crippen molar-refractivity contribution < 1.29 is 14.3 Å². The Kier molecular flexibility index (Phi) is 9.12. The maximum Gasteiger partial charge on any atom is 0.262 e. The third-order valence-corrected chi connectivity index (χ3v) is 7.85. The summed E-state index contributed by atoms with van der Waals surface area (Å²) in [6, 6.07) is 20.7. The molecule has 9 heteroatoms. The molecule has 0 aromatic heterocycles. The second kappa shape index (κ2) is 12.6. The summed E-state index contributed by atoms with van der Waals surface area (Å²) in [5.74, 6) is 1.22. The first-order valence-electron chi connectivity index (χ1n) is 14.2. The van der Waals surface area contributed by atoms with E-state index in [1.165, 1.54) is 0 Å². The van der Waals surface area contributed by atoms with E-state index in [0.717, 1.165) is 24.2 Å². The molecule has 3 aromatic rings. The van der Waals surface area contributed by atoms with Gasteiger partial charge in [0, 0.05) is 41.8 Å². The highest BCUT2D eigenvalue weighted by atomic mass is 35.5. The molecule has 0 bridgehead atoms. The third-order valence-electron chi connectivity index (χ3n) is 7.35. The van der Waals surface area contributed by atoms with Gasteiger partial charge in [-0.15, -0.1) is 0 Å². The van der Waals surface area contributed by atoms with Gasteiger partial charge in [-0.05, 0) is 81.3 Å². The van der Waals surface area contributed by atoms with Crippen molar-refractivity contribution in [2.24, 2.45) is 0 Å². The minimum absolute atomic E-state index is 0.0346. The molecule has 0 radical (unpaired) electrons. The number of hydrogen-bond donors (Lipinski definition) is 3. The van der Waals surface area contributed by atoms with Crippen molar-refractivity contribution >= 4 is 29.1 Å². The normalized spacial score (nSPS) is 22.8. The predicted octanol–water partition coefficient (Wildman–Crippen LogP) is 5.83. The number of ether oxygens (including phenoxy) is 2. The van der Waals surface area contributed by atoms with Crippen molar-refractivity contribution in [3.05, 3.63) is 93.5 Å². The molecule has 218 valence electrons. The average molecular weight is 598 g/mol. The Morgan fingerprint density at radius 1 is 0.805 bits per heavy atom. The van der Waals surface area contributed by atoms with Crippen LogP contribution in [0.5, 0.6) is 11.5 Å². The predicted molar refractivity (Wildman–Crippen MR) is 164 cm³/mol. The summed E-state index contributed by atoms with van der Waals surface area (Å²) in [4.78, 5) is 16.7. The third kappa shape index (κ3) is 6.50. The number of nitrogens with one attached hydrogen (secondary N) is 3. The number of piperazine rings is 1.